The lowest BCUT2D eigenvalue weighted by molar-refractivity contribution is 0.0761. The Balaban J connectivity index is 1.58. The highest BCUT2D eigenvalue weighted by atomic mass is 32.1. The van der Waals surface area contributed by atoms with E-state index in [2.05, 4.69) is 16.4 Å². The molecule has 1 amide bonds. The molecule has 0 bridgehead atoms. The normalized spacial score (nSPS) is 17.9. The van der Waals surface area contributed by atoms with E-state index < -0.39 is 0 Å². The van der Waals surface area contributed by atoms with E-state index in [0.29, 0.717) is 6.04 Å². The summed E-state index contributed by atoms with van der Waals surface area (Å²) in [6, 6.07) is 4.48. The number of carbonyl (C=O) groups is 1. The first-order valence-electron chi connectivity index (χ1n) is 8.76. The summed E-state index contributed by atoms with van der Waals surface area (Å²) in [6.07, 6.45) is 4.94. The maximum atomic E-state index is 12.7. The van der Waals surface area contributed by atoms with E-state index >= 15 is 0 Å². The number of amides is 1. The van der Waals surface area contributed by atoms with Crippen LogP contribution in [-0.2, 0) is 0 Å². The molecule has 1 aliphatic heterocycles. The first kappa shape index (κ1) is 17.7. The van der Waals surface area contributed by atoms with Gasteiger partial charge >= 0.3 is 0 Å². The average molecular weight is 359 g/mol. The number of anilines is 2. The quantitative estimate of drug-likeness (QED) is 0.907. The van der Waals surface area contributed by atoms with E-state index in [9.17, 15) is 4.79 Å². The van der Waals surface area contributed by atoms with Crippen molar-refractivity contribution in [2.45, 2.75) is 32.2 Å². The lowest BCUT2D eigenvalue weighted by Gasteiger charge is -2.21. The molecular formula is C19H26N4OS. The predicted molar refractivity (Wildman–Crippen MR) is 105 cm³/mol. The van der Waals surface area contributed by atoms with Crippen LogP contribution in [0.25, 0.3) is 0 Å². The monoisotopic (exact) mass is 358 g/mol. The zero-order valence-corrected chi connectivity index (χ0v) is 16.0. The standard InChI is InChI=1S/C19H26N4OS/c1-14-12-25-13-17(14)19(24)23-9-4-5-15(8-10-23)21-16-6-7-18(20-11-16)22(2)3/h6-7,11-13,15,21H,4-5,8-10H2,1-3H3/t15-/m0/s1. The van der Waals surface area contributed by atoms with E-state index in [-0.39, 0.29) is 5.91 Å². The van der Waals surface area contributed by atoms with Gasteiger partial charge in [-0.25, -0.2) is 4.98 Å². The number of pyridine rings is 1. The van der Waals surface area contributed by atoms with Crippen LogP contribution in [0, 0.1) is 6.92 Å². The molecule has 134 valence electrons. The molecule has 1 saturated heterocycles. The molecule has 2 aromatic heterocycles. The Hall–Kier alpha value is -2.08. The summed E-state index contributed by atoms with van der Waals surface area (Å²) in [5.41, 5.74) is 2.99. The van der Waals surface area contributed by atoms with Crippen LogP contribution in [0.15, 0.2) is 29.1 Å². The number of likely N-dealkylation sites (tertiary alicyclic amines) is 1. The van der Waals surface area contributed by atoms with Gasteiger partial charge in [0.1, 0.15) is 5.82 Å². The minimum atomic E-state index is 0.177. The summed E-state index contributed by atoms with van der Waals surface area (Å²) in [6.45, 7) is 3.65. The molecule has 0 unspecified atom stereocenters. The smallest absolute Gasteiger partial charge is 0.254 e. The maximum Gasteiger partial charge on any atom is 0.254 e. The summed E-state index contributed by atoms with van der Waals surface area (Å²) in [4.78, 5) is 21.1. The van der Waals surface area contributed by atoms with Crippen molar-refractivity contribution < 1.29 is 4.79 Å². The molecule has 6 heteroatoms. The highest BCUT2D eigenvalue weighted by Crippen LogP contribution is 2.21. The van der Waals surface area contributed by atoms with Crippen LogP contribution in [0.2, 0.25) is 0 Å². The highest BCUT2D eigenvalue weighted by molar-refractivity contribution is 7.08. The van der Waals surface area contributed by atoms with Crippen molar-refractivity contribution in [2.75, 3.05) is 37.4 Å². The molecule has 1 aliphatic rings. The second-order valence-electron chi connectivity index (χ2n) is 6.83. The molecule has 2 aromatic rings. The van der Waals surface area contributed by atoms with Gasteiger partial charge in [-0.05, 0) is 49.3 Å². The number of hydrogen-bond acceptors (Lipinski definition) is 5. The third-order valence-corrected chi connectivity index (χ3v) is 5.54. The van der Waals surface area contributed by atoms with Crippen LogP contribution in [0.5, 0.6) is 0 Å². The van der Waals surface area contributed by atoms with E-state index in [1.165, 1.54) is 0 Å². The van der Waals surface area contributed by atoms with Crippen LogP contribution in [-0.4, -0.2) is 49.0 Å². The number of thiophene rings is 1. The molecule has 1 fully saturated rings. The van der Waals surface area contributed by atoms with Crippen LogP contribution in [0.1, 0.15) is 35.2 Å². The van der Waals surface area contributed by atoms with Crippen molar-refractivity contribution in [3.8, 4) is 0 Å². The van der Waals surface area contributed by atoms with Gasteiger partial charge in [-0.15, -0.1) is 0 Å². The Morgan fingerprint density at radius 2 is 2.12 bits per heavy atom. The minimum absolute atomic E-state index is 0.177. The fourth-order valence-corrected chi connectivity index (χ4v) is 3.99. The molecule has 0 radical (unpaired) electrons. The van der Waals surface area contributed by atoms with Crippen molar-refractivity contribution >= 4 is 28.7 Å². The fraction of sp³-hybridized carbons (Fsp3) is 0.474. The van der Waals surface area contributed by atoms with E-state index in [0.717, 1.165) is 55.0 Å². The van der Waals surface area contributed by atoms with Gasteiger partial charge in [0.25, 0.3) is 5.91 Å². The molecule has 0 spiro atoms. The predicted octanol–water partition coefficient (Wildman–Crippen LogP) is 3.62. The highest BCUT2D eigenvalue weighted by Gasteiger charge is 2.22. The second kappa shape index (κ2) is 7.87. The Morgan fingerprint density at radius 3 is 2.76 bits per heavy atom. The van der Waals surface area contributed by atoms with Gasteiger partial charge in [-0.3, -0.25) is 4.79 Å². The molecule has 0 saturated carbocycles. The van der Waals surface area contributed by atoms with E-state index in [4.69, 9.17) is 0 Å². The van der Waals surface area contributed by atoms with Crippen molar-refractivity contribution in [3.63, 3.8) is 0 Å². The number of rotatable bonds is 4. The summed E-state index contributed by atoms with van der Waals surface area (Å²) in [5, 5.41) is 7.59. The molecule has 0 aliphatic carbocycles. The Labute approximate surface area is 153 Å². The third kappa shape index (κ3) is 4.31. The van der Waals surface area contributed by atoms with Gasteiger partial charge in [0.05, 0.1) is 17.4 Å². The average Bonchev–Trinajstić information content (AvgIpc) is 2.89. The number of hydrogen-bond donors (Lipinski definition) is 1. The lowest BCUT2D eigenvalue weighted by atomic mass is 10.1. The zero-order valence-electron chi connectivity index (χ0n) is 15.2. The van der Waals surface area contributed by atoms with Gasteiger partial charge in [0.15, 0.2) is 0 Å². The van der Waals surface area contributed by atoms with Crippen LogP contribution in [0.4, 0.5) is 11.5 Å². The zero-order chi connectivity index (χ0) is 17.8. The Morgan fingerprint density at radius 1 is 1.28 bits per heavy atom. The molecule has 5 nitrogen and oxygen atoms in total. The van der Waals surface area contributed by atoms with E-state index in [1.54, 1.807) is 11.3 Å². The second-order valence-corrected chi connectivity index (χ2v) is 7.58. The number of aromatic nitrogens is 1. The van der Waals surface area contributed by atoms with Gasteiger partial charge in [0.2, 0.25) is 0 Å². The fourth-order valence-electron chi connectivity index (χ4n) is 3.17. The van der Waals surface area contributed by atoms with Crippen molar-refractivity contribution in [1.82, 2.24) is 9.88 Å². The maximum absolute atomic E-state index is 12.7. The van der Waals surface area contributed by atoms with Gasteiger partial charge in [-0.1, -0.05) is 0 Å². The lowest BCUT2D eigenvalue weighted by Crippen LogP contribution is -2.32. The summed E-state index contributed by atoms with van der Waals surface area (Å²) >= 11 is 1.60. The Bertz CT molecular complexity index is 710. The van der Waals surface area contributed by atoms with Gasteiger partial charge < -0.3 is 15.1 Å². The SMILES string of the molecule is Cc1cscc1C(=O)N1CCC[C@H](Nc2ccc(N(C)C)nc2)CC1. The first-order valence-corrected chi connectivity index (χ1v) is 9.71. The van der Waals surface area contributed by atoms with Crippen molar-refractivity contribution in [2.24, 2.45) is 0 Å². The number of aryl methyl sites for hydroxylation is 1. The molecular weight excluding hydrogens is 332 g/mol. The Kier molecular flexibility index (Phi) is 5.58. The summed E-state index contributed by atoms with van der Waals surface area (Å²) in [5.74, 6) is 1.13. The molecule has 3 heterocycles. The number of nitrogens with one attached hydrogen (secondary N) is 1. The van der Waals surface area contributed by atoms with Crippen LogP contribution >= 0.6 is 11.3 Å². The molecule has 25 heavy (non-hydrogen) atoms. The third-order valence-electron chi connectivity index (χ3n) is 4.68. The van der Waals surface area contributed by atoms with Crippen LogP contribution < -0.4 is 10.2 Å². The summed E-state index contributed by atoms with van der Waals surface area (Å²) < 4.78 is 0. The molecule has 0 aromatic carbocycles. The molecule has 1 atom stereocenters. The first-order chi connectivity index (χ1) is 12.0. The van der Waals surface area contributed by atoms with Gasteiger partial charge in [0, 0.05) is 38.6 Å². The number of carbonyl (C=O) groups excluding carboxylic acids is 1. The molecule has 3 rings (SSSR count). The summed E-state index contributed by atoms with van der Waals surface area (Å²) in [7, 11) is 3.98. The van der Waals surface area contributed by atoms with Crippen molar-refractivity contribution in [3.05, 3.63) is 40.2 Å². The largest absolute Gasteiger partial charge is 0.381 e. The topological polar surface area (TPSA) is 48.5 Å². The number of nitrogens with zero attached hydrogens (tertiary/aromatic N) is 3. The minimum Gasteiger partial charge on any atom is -0.381 e. The van der Waals surface area contributed by atoms with Crippen molar-refractivity contribution in [1.29, 1.82) is 0 Å². The van der Waals surface area contributed by atoms with E-state index in [1.807, 2.05) is 53.8 Å². The van der Waals surface area contributed by atoms with Gasteiger partial charge in [-0.2, -0.15) is 11.3 Å². The van der Waals surface area contributed by atoms with Crippen LogP contribution in [0.3, 0.4) is 0 Å². The molecule has 1 N–H and O–H groups in total.